The van der Waals surface area contributed by atoms with Gasteiger partial charge in [-0.2, -0.15) is 0 Å². The van der Waals surface area contributed by atoms with Gasteiger partial charge >= 0.3 is 0 Å². The average Bonchev–Trinajstić information content (AvgIpc) is 1.94. The molecule has 2 nitrogen and oxygen atoms in total. The van der Waals surface area contributed by atoms with Crippen LogP contribution in [0.15, 0.2) is 0 Å². The lowest BCUT2D eigenvalue weighted by Crippen LogP contribution is -2.46. The molecule has 1 heterocycles. The summed E-state index contributed by atoms with van der Waals surface area (Å²) in [5.74, 6) is 1.40. The molecule has 11 heavy (non-hydrogen) atoms. The van der Waals surface area contributed by atoms with Crippen LogP contribution in [0.2, 0.25) is 0 Å². The van der Waals surface area contributed by atoms with Gasteiger partial charge < -0.3 is 5.32 Å². The largest absolute Gasteiger partial charge is 0.344 e. The number of unbranched alkanes of at least 4 members (excludes halogenated alkanes) is 2. The van der Waals surface area contributed by atoms with E-state index < -0.39 is 0 Å². The Morgan fingerprint density at radius 2 is 2.36 bits per heavy atom. The minimum Gasteiger partial charge on any atom is -0.344 e. The summed E-state index contributed by atoms with van der Waals surface area (Å²) >= 11 is 1.87. The first-order valence-corrected chi connectivity index (χ1v) is 5.28. The summed E-state index contributed by atoms with van der Waals surface area (Å²) in [5, 5.41) is 3.27. The molecule has 1 atom stereocenters. The van der Waals surface area contributed by atoms with E-state index in [1.807, 2.05) is 11.8 Å². The van der Waals surface area contributed by atoms with Crippen molar-refractivity contribution in [3.8, 4) is 0 Å². The average molecular weight is 173 g/mol. The van der Waals surface area contributed by atoms with Crippen molar-refractivity contribution < 1.29 is 4.79 Å². The molecule has 1 aliphatic rings. The molecule has 1 aliphatic heterocycles. The quantitative estimate of drug-likeness (QED) is 0.507. The maximum absolute atomic E-state index is 10.5. The topological polar surface area (TPSA) is 29.1 Å². The van der Waals surface area contributed by atoms with Gasteiger partial charge in [-0.3, -0.25) is 4.79 Å². The van der Waals surface area contributed by atoms with Gasteiger partial charge in [0.15, 0.2) is 0 Å². The maximum atomic E-state index is 10.5. The monoisotopic (exact) mass is 173 g/mol. The van der Waals surface area contributed by atoms with Crippen molar-refractivity contribution >= 4 is 17.7 Å². The molecule has 3 heteroatoms. The van der Waals surface area contributed by atoms with Crippen LogP contribution in [0.25, 0.3) is 0 Å². The number of hydrogen-bond acceptors (Lipinski definition) is 2. The Kier molecular flexibility index (Phi) is 3.77. The molecule has 0 aromatic rings. The van der Waals surface area contributed by atoms with Crippen LogP contribution in [-0.2, 0) is 4.79 Å². The third kappa shape index (κ3) is 3.14. The van der Waals surface area contributed by atoms with Crippen molar-refractivity contribution in [1.82, 2.24) is 5.32 Å². The Morgan fingerprint density at radius 1 is 1.64 bits per heavy atom. The van der Waals surface area contributed by atoms with Crippen molar-refractivity contribution in [1.29, 1.82) is 0 Å². The van der Waals surface area contributed by atoms with Gasteiger partial charge in [-0.05, 0) is 12.2 Å². The summed E-state index contributed by atoms with van der Waals surface area (Å²) in [6.45, 7) is 2.20. The summed E-state index contributed by atoms with van der Waals surface area (Å²) in [6, 6.07) is 0. The second-order valence-corrected chi connectivity index (χ2v) is 4.15. The number of amides is 1. The molecule has 1 N–H and O–H groups in total. The second-order valence-electron chi connectivity index (χ2n) is 2.84. The lowest BCUT2D eigenvalue weighted by atomic mass is 10.3. The van der Waals surface area contributed by atoms with Crippen LogP contribution in [0.3, 0.4) is 0 Å². The van der Waals surface area contributed by atoms with Crippen molar-refractivity contribution in [3.63, 3.8) is 0 Å². The van der Waals surface area contributed by atoms with E-state index in [0.29, 0.717) is 5.37 Å². The summed E-state index contributed by atoms with van der Waals surface area (Å²) in [4.78, 5) is 10.5. The molecule has 1 unspecified atom stereocenters. The predicted molar refractivity (Wildman–Crippen MR) is 48.5 cm³/mol. The summed E-state index contributed by atoms with van der Waals surface area (Å²) in [5.41, 5.74) is 0. The van der Waals surface area contributed by atoms with Crippen molar-refractivity contribution in [2.45, 2.75) is 38.0 Å². The molecule has 1 fully saturated rings. The summed E-state index contributed by atoms with van der Waals surface area (Å²) in [7, 11) is 0. The molecule has 0 radical (unpaired) electrons. The molecule has 0 spiro atoms. The van der Waals surface area contributed by atoms with Gasteiger partial charge in [0.1, 0.15) is 0 Å². The highest BCUT2D eigenvalue weighted by Crippen LogP contribution is 2.20. The van der Waals surface area contributed by atoms with E-state index in [-0.39, 0.29) is 5.91 Å². The Bertz CT molecular complexity index is 130. The molecule has 0 aromatic heterocycles. The number of carbonyl (C=O) groups is 1. The molecular formula is C8H15NOS. The zero-order chi connectivity index (χ0) is 8.10. The van der Waals surface area contributed by atoms with Gasteiger partial charge in [-0.1, -0.05) is 19.8 Å². The number of hydrogen-bond donors (Lipinski definition) is 1. The van der Waals surface area contributed by atoms with Gasteiger partial charge in [0.05, 0.1) is 11.8 Å². The highest BCUT2D eigenvalue weighted by atomic mass is 32.2. The van der Waals surface area contributed by atoms with Crippen LogP contribution in [0.5, 0.6) is 0 Å². The first-order valence-electron chi connectivity index (χ1n) is 4.24. The number of thioether (sulfide) groups is 1. The van der Waals surface area contributed by atoms with Gasteiger partial charge in [0, 0.05) is 0 Å². The van der Waals surface area contributed by atoms with Crippen LogP contribution in [0.4, 0.5) is 0 Å². The first-order chi connectivity index (χ1) is 5.33. The van der Waals surface area contributed by atoms with Crippen molar-refractivity contribution in [3.05, 3.63) is 0 Å². The molecule has 1 rings (SSSR count). The lowest BCUT2D eigenvalue weighted by molar-refractivity contribution is -0.126. The van der Waals surface area contributed by atoms with Crippen molar-refractivity contribution in [2.24, 2.45) is 0 Å². The second kappa shape index (κ2) is 4.65. The number of carbonyl (C=O) groups excluding carboxylic acids is 1. The highest BCUT2D eigenvalue weighted by Gasteiger charge is 2.24. The van der Waals surface area contributed by atoms with Crippen LogP contribution < -0.4 is 5.32 Å². The van der Waals surface area contributed by atoms with Crippen LogP contribution in [0, 0.1) is 0 Å². The Labute approximate surface area is 72.1 Å². The molecule has 0 saturated carbocycles. The van der Waals surface area contributed by atoms with Crippen LogP contribution in [-0.4, -0.2) is 17.0 Å². The van der Waals surface area contributed by atoms with Crippen LogP contribution in [0.1, 0.15) is 32.6 Å². The zero-order valence-electron chi connectivity index (χ0n) is 6.93. The standard InChI is InChI=1S/C8H15NOS/c1-2-3-4-5-11-8-6-7(10)9-8/h8H,2-6H2,1H3,(H,9,10). The fourth-order valence-corrected chi connectivity index (χ4v) is 2.14. The van der Waals surface area contributed by atoms with E-state index >= 15 is 0 Å². The normalized spacial score (nSPS) is 22.6. The van der Waals surface area contributed by atoms with E-state index in [4.69, 9.17) is 0 Å². The van der Waals surface area contributed by atoms with E-state index in [1.54, 1.807) is 0 Å². The molecule has 64 valence electrons. The van der Waals surface area contributed by atoms with Crippen molar-refractivity contribution in [2.75, 3.05) is 5.75 Å². The molecular weight excluding hydrogens is 158 g/mol. The minimum absolute atomic E-state index is 0.206. The number of nitrogens with one attached hydrogen (secondary N) is 1. The molecule has 1 amide bonds. The first kappa shape index (κ1) is 8.91. The third-order valence-corrected chi connectivity index (χ3v) is 2.97. The summed E-state index contributed by atoms with van der Waals surface area (Å²) in [6.07, 6.45) is 4.61. The lowest BCUT2D eigenvalue weighted by Gasteiger charge is -2.25. The summed E-state index contributed by atoms with van der Waals surface area (Å²) < 4.78 is 0. The Morgan fingerprint density at radius 3 is 2.91 bits per heavy atom. The molecule has 0 bridgehead atoms. The van der Waals surface area contributed by atoms with Crippen LogP contribution >= 0.6 is 11.8 Å². The Balaban J connectivity index is 1.85. The van der Waals surface area contributed by atoms with E-state index in [2.05, 4.69) is 12.2 Å². The van der Waals surface area contributed by atoms with E-state index in [0.717, 1.165) is 6.42 Å². The maximum Gasteiger partial charge on any atom is 0.223 e. The predicted octanol–water partition coefficient (Wildman–Crippen LogP) is 1.76. The molecule has 1 saturated heterocycles. The fourth-order valence-electron chi connectivity index (χ4n) is 1.01. The van der Waals surface area contributed by atoms with Gasteiger partial charge in [-0.25, -0.2) is 0 Å². The number of rotatable bonds is 5. The highest BCUT2D eigenvalue weighted by molar-refractivity contribution is 8.00. The van der Waals surface area contributed by atoms with Gasteiger partial charge in [0.2, 0.25) is 5.91 Å². The van der Waals surface area contributed by atoms with E-state index in [9.17, 15) is 4.79 Å². The van der Waals surface area contributed by atoms with Gasteiger partial charge in [0.25, 0.3) is 0 Å². The smallest absolute Gasteiger partial charge is 0.223 e. The molecule has 0 aromatic carbocycles. The Hall–Kier alpha value is -0.180. The zero-order valence-corrected chi connectivity index (χ0v) is 7.75. The SMILES string of the molecule is CCCCCSC1CC(=O)N1. The third-order valence-electron chi connectivity index (χ3n) is 1.76. The van der Waals surface area contributed by atoms with E-state index in [1.165, 1.54) is 25.0 Å². The molecule has 0 aliphatic carbocycles. The van der Waals surface area contributed by atoms with Gasteiger partial charge in [-0.15, -0.1) is 11.8 Å². The fraction of sp³-hybridized carbons (Fsp3) is 0.875. The number of β-lactam (4-membered cyclic amide) rings is 1. The minimum atomic E-state index is 0.206.